The summed E-state index contributed by atoms with van der Waals surface area (Å²) in [5.41, 5.74) is 0.664. The van der Waals surface area contributed by atoms with Crippen LogP contribution >= 0.6 is 0 Å². The lowest BCUT2D eigenvalue weighted by molar-refractivity contribution is -1.08. The minimum absolute atomic E-state index is 0.0501. The van der Waals surface area contributed by atoms with E-state index in [-0.39, 0.29) is 4.90 Å². The fraction of sp³-hybridized carbons (Fsp3) is 0.800. The van der Waals surface area contributed by atoms with Gasteiger partial charge >= 0.3 is 0 Å². The van der Waals surface area contributed by atoms with Gasteiger partial charge in [-0.1, -0.05) is 116 Å². The molecular formula is C30H57NO4S. The molecule has 5 nitrogen and oxygen atoms in total. The molecule has 0 saturated carbocycles. The van der Waals surface area contributed by atoms with Crippen LogP contribution in [0, 0.1) is 0 Å². The lowest BCUT2D eigenvalue weighted by atomic mass is 10.0. The molecule has 0 aliphatic rings. The fourth-order valence-corrected chi connectivity index (χ4v) is 5.18. The van der Waals surface area contributed by atoms with Gasteiger partial charge in [0.15, 0.2) is 0 Å². The Morgan fingerprint density at radius 3 is 1.61 bits per heavy atom. The van der Waals surface area contributed by atoms with E-state index in [1.165, 1.54) is 96.0 Å². The van der Waals surface area contributed by atoms with Gasteiger partial charge in [0, 0.05) is 0 Å². The van der Waals surface area contributed by atoms with Gasteiger partial charge in [-0.3, -0.25) is 0 Å². The molecule has 0 amide bonds. The van der Waals surface area contributed by atoms with Crippen LogP contribution in [0.4, 0.5) is 0 Å². The first-order chi connectivity index (χ1) is 17.2. The summed E-state index contributed by atoms with van der Waals surface area (Å²) in [6, 6.07) is 6.56. The molecule has 0 fully saturated rings. The molecule has 0 bridgehead atoms. The van der Waals surface area contributed by atoms with Crippen LogP contribution in [0.5, 0.6) is 0 Å². The molecule has 0 spiro atoms. The molecule has 0 aliphatic heterocycles. The molecule has 0 unspecified atom stereocenters. The van der Waals surface area contributed by atoms with Crippen molar-refractivity contribution in [3.63, 3.8) is 0 Å². The third kappa shape index (κ3) is 20.1. The minimum atomic E-state index is -4.35. The molecule has 0 aliphatic carbocycles. The lowest BCUT2D eigenvalue weighted by Gasteiger charge is -2.26. The summed E-state index contributed by atoms with van der Waals surface area (Å²) in [7, 11) is -0.0770. The van der Waals surface area contributed by atoms with E-state index >= 15 is 0 Å². The van der Waals surface area contributed by atoms with Crippen molar-refractivity contribution in [2.24, 2.45) is 0 Å². The van der Waals surface area contributed by atoms with E-state index in [0.717, 1.165) is 26.0 Å². The summed E-state index contributed by atoms with van der Waals surface area (Å²) in [5, 5.41) is 0. The van der Waals surface area contributed by atoms with Crippen LogP contribution in [0.2, 0.25) is 0 Å². The molecule has 0 atom stereocenters. The highest BCUT2D eigenvalue weighted by Gasteiger charge is 2.14. The number of aryl methyl sites for hydroxylation is 1. The Bertz CT molecular complexity index is 734. The Labute approximate surface area is 224 Å². The number of hydrogen-bond acceptors (Lipinski definition) is 4. The monoisotopic (exact) mass is 527 g/mol. The van der Waals surface area contributed by atoms with E-state index in [2.05, 4.69) is 34.9 Å². The van der Waals surface area contributed by atoms with Gasteiger partial charge in [0.05, 0.1) is 19.0 Å². The van der Waals surface area contributed by atoms with Gasteiger partial charge in [0.1, 0.15) is 23.3 Å². The molecule has 0 radical (unpaired) electrons. The van der Waals surface area contributed by atoms with E-state index in [1.807, 2.05) is 0 Å². The van der Waals surface area contributed by atoms with E-state index in [0.29, 0.717) is 16.6 Å². The van der Waals surface area contributed by atoms with Crippen LogP contribution in [-0.2, 0) is 21.4 Å². The molecule has 212 valence electrons. The van der Waals surface area contributed by atoms with Gasteiger partial charge in [0.25, 0.3) is 0 Å². The summed E-state index contributed by atoms with van der Waals surface area (Å²) in [5.74, 6) is 0. The van der Waals surface area contributed by atoms with Crippen molar-refractivity contribution >= 4 is 10.1 Å². The van der Waals surface area contributed by atoms with Crippen LogP contribution in [0.25, 0.3) is 0 Å². The standard InChI is InChI=1S/C18H30O3S.C12H28NO/c1-2-3-4-5-6-7-8-9-10-11-14-17-15-12-13-16-18(17)22(19,20)21;1-5-7-8-9-10-11-12-13(3,4)14-6-2/h12-13,15-16H,2-11,14H2,1H3,(H,19,20,21);5-12H2,1-4H3/q;+1/p-1. The van der Waals surface area contributed by atoms with Crippen molar-refractivity contribution in [2.45, 2.75) is 135 Å². The average molecular weight is 528 g/mol. The highest BCUT2D eigenvalue weighted by atomic mass is 32.2. The maximum Gasteiger partial charge on any atom is 0.124 e. The van der Waals surface area contributed by atoms with Gasteiger partial charge in [0.2, 0.25) is 0 Å². The Morgan fingerprint density at radius 2 is 1.14 bits per heavy atom. The van der Waals surface area contributed by atoms with Crippen molar-refractivity contribution < 1.29 is 22.5 Å². The summed E-state index contributed by atoms with van der Waals surface area (Å²) < 4.78 is 34.3. The lowest BCUT2D eigenvalue weighted by Crippen LogP contribution is -2.40. The topological polar surface area (TPSA) is 66.4 Å². The normalized spacial score (nSPS) is 11.8. The molecule has 36 heavy (non-hydrogen) atoms. The summed E-state index contributed by atoms with van der Waals surface area (Å²) in [6.07, 6.45) is 21.3. The first kappa shape index (κ1) is 35.0. The predicted octanol–water partition coefficient (Wildman–Crippen LogP) is 8.43. The Morgan fingerprint density at radius 1 is 0.694 bits per heavy atom. The molecule has 6 heteroatoms. The summed E-state index contributed by atoms with van der Waals surface area (Å²) >= 11 is 0. The van der Waals surface area contributed by atoms with Gasteiger partial charge < -0.3 is 4.55 Å². The molecule has 0 aromatic heterocycles. The Balaban J connectivity index is 0.000000757. The maximum atomic E-state index is 11.2. The summed E-state index contributed by atoms with van der Waals surface area (Å²) in [6.45, 7) is 8.50. The van der Waals surface area contributed by atoms with Crippen molar-refractivity contribution in [3.05, 3.63) is 29.8 Å². The minimum Gasteiger partial charge on any atom is -0.744 e. The smallest absolute Gasteiger partial charge is 0.124 e. The van der Waals surface area contributed by atoms with Crippen molar-refractivity contribution in [1.82, 2.24) is 0 Å². The zero-order chi connectivity index (χ0) is 27.1. The molecule has 1 aromatic carbocycles. The average Bonchev–Trinajstić information content (AvgIpc) is 2.82. The van der Waals surface area contributed by atoms with Crippen molar-refractivity contribution in [1.29, 1.82) is 0 Å². The number of hydrogen-bond donors (Lipinski definition) is 0. The van der Waals surface area contributed by atoms with E-state index in [9.17, 15) is 13.0 Å². The van der Waals surface area contributed by atoms with Gasteiger partial charge in [-0.2, -0.15) is 4.65 Å². The third-order valence-electron chi connectivity index (χ3n) is 6.57. The van der Waals surface area contributed by atoms with E-state index in [4.69, 9.17) is 4.84 Å². The zero-order valence-electron chi connectivity index (χ0n) is 24.2. The number of hydroxylamine groups is 3. The van der Waals surface area contributed by atoms with Crippen LogP contribution in [0.15, 0.2) is 29.2 Å². The van der Waals surface area contributed by atoms with Crippen LogP contribution < -0.4 is 0 Å². The SMILES string of the molecule is CCCCCCCCCCCCc1ccccc1S(=O)(=O)[O-].CCCCCCCC[N+](C)(C)OCC. The predicted molar refractivity (Wildman–Crippen MR) is 152 cm³/mol. The maximum absolute atomic E-state index is 11.2. The second-order valence-electron chi connectivity index (χ2n) is 10.5. The highest BCUT2D eigenvalue weighted by molar-refractivity contribution is 7.85. The van der Waals surface area contributed by atoms with Crippen molar-refractivity contribution in [3.8, 4) is 0 Å². The van der Waals surface area contributed by atoms with Gasteiger partial charge in [-0.25, -0.2) is 13.3 Å². The van der Waals surface area contributed by atoms with E-state index < -0.39 is 10.1 Å². The molecule has 1 rings (SSSR count). The molecule has 0 saturated heterocycles. The van der Waals surface area contributed by atoms with Gasteiger partial charge in [-0.15, -0.1) is 0 Å². The first-order valence-corrected chi connectivity index (χ1v) is 16.1. The fourth-order valence-electron chi connectivity index (χ4n) is 4.44. The van der Waals surface area contributed by atoms with Gasteiger partial charge in [-0.05, 0) is 44.2 Å². The molecule has 0 N–H and O–H groups in total. The van der Waals surface area contributed by atoms with E-state index in [1.54, 1.807) is 18.2 Å². The number of quaternary nitrogens is 1. The second kappa shape index (κ2) is 22.1. The largest absolute Gasteiger partial charge is 0.744 e. The second-order valence-corrected chi connectivity index (χ2v) is 11.8. The van der Waals surface area contributed by atoms with Crippen LogP contribution in [0.1, 0.15) is 129 Å². The number of rotatable bonds is 21. The molecule has 0 heterocycles. The summed E-state index contributed by atoms with van der Waals surface area (Å²) in [4.78, 5) is 5.54. The third-order valence-corrected chi connectivity index (χ3v) is 7.51. The highest BCUT2D eigenvalue weighted by Crippen LogP contribution is 2.18. The van der Waals surface area contributed by atoms with Crippen LogP contribution in [0.3, 0.4) is 0 Å². The molecular weight excluding hydrogens is 470 g/mol. The zero-order valence-corrected chi connectivity index (χ0v) is 25.0. The Hall–Kier alpha value is -0.950. The van der Waals surface area contributed by atoms with Crippen molar-refractivity contribution in [2.75, 3.05) is 27.2 Å². The Kier molecular flexibility index (Phi) is 21.5. The number of benzene rings is 1. The van der Waals surface area contributed by atoms with Crippen LogP contribution in [-0.4, -0.2) is 44.9 Å². The quantitative estimate of drug-likeness (QED) is 0.0696. The first-order valence-electron chi connectivity index (χ1n) is 14.7. The molecule has 1 aromatic rings. The number of unbranched alkanes of at least 4 members (excludes halogenated alkanes) is 14. The number of nitrogens with zero attached hydrogens (tertiary/aromatic N) is 1.